The molecule has 0 fully saturated rings. The van der Waals surface area contributed by atoms with E-state index in [2.05, 4.69) is 29.0 Å². The largest absolute Gasteiger partial charge is 0.388 e. The predicted octanol–water partition coefficient (Wildman–Crippen LogP) is 3.59. The highest BCUT2D eigenvalue weighted by atomic mass is 32.1. The molecule has 1 heterocycles. The first-order valence-electron chi connectivity index (χ1n) is 6.77. The summed E-state index contributed by atoms with van der Waals surface area (Å²) in [6.45, 7) is 4.69. The van der Waals surface area contributed by atoms with Crippen LogP contribution in [0.3, 0.4) is 0 Å². The van der Waals surface area contributed by atoms with Crippen LogP contribution in [0.1, 0.15) is 33.3 Å². The maximum Gasteiger partial charge on any atom is 0.251 e. The Morgan fingerprint density at radius 3 is 2.75 bits per heavy atom. The fraction of sp³-hybridized carbons (Fsp3) is 0.312. The molecule has 20 heavy (non-hydrogen) atoms. The number of amides is 1. The van der Waals surface area contributed by atoms with Crippen molar-refractivity contribution >= 4 is 22.9 Å². The lowest BCUT2D eigenvalue weighted by atomic mass is 10.1. The molecule has 2 aromatic rings. The van der Waals surface area contributed by atoms with Gasteiger partial charge in [0, 0.05) is 23.2 Å². The molecule has 106 valence electrons. The highest BCUT2D eigenvalue weighted by Gasteiger charge is 2.10. The van der Waals surface area contributed by atoms with Gasteiger partial charge < -0.3 is 10.6 Å². The van der Waals surface area contributed by atoms with Crippen molar-refractivity contribution in [3.8, 4) is 0 Å². The first-order chi connectivity index (χ1) is 9.65. The smallest absolute Gasteiger partial charge is 0.251 e. The van der Waals surface area contributed by atoms with Crippen LogP contribution in [0.4, 0.5) is 5.69 Å². The number of hydrogen-bond donors (Lipinski definition) is 2. The molecule has 0 unspecified atom stereocenters. The zero-order chi connectivity index (χ0) is 14.5. The van der Waals surface area contributed by atoms with Crippen LogP contribution < -0.4 is 10.6 Å². The summed E-state index contributed by atoms with van der Waals surface area (Å²) in [5, 5.41) is 8.16. The van der Waals surface area contributed by atoms with E-state index in [1.165, 1.54) is 10.4 Å². The summed E-state index contributed by atoms with van der Waals surface area (Å²) in [5.41, 5.74) is 4.05. The van der Waals surface area contributed by atoms with Crippen molar-refractivity contribution in [3.63, 3.8) is 0 Å². The summed E-state index contributed by atoms with van der Waals surface area (Å²) in [6, 6.07) is 7.90. The molecule has 0 aliphatic rings. The molecule has 1 aromatic carbocycles. The Bertz CT molecular complexity index is 604. The van der Waals surface area contributed by atoms with Crippen molar-refractivity contribution in [2.45, 2.75) is 26.8 Å². The number of nitrogens with one attached hydrogen (secondary N) is 2. The normalized spacial score (nSPS) is 10.3. The molecule has 3 nitrogen and oxygen atoms in total. The lowest BCUT2D eigenvalue weighted by Crippen LogP contribution is -2.23. The van der Waals surface area contributed by atoms with Gasteiger partial charge in [-0.2, -0.15) is 0 Å². The summed E-state index contributed by atoms with van der Waals surface area (Å²) in [6.07, 6.45) is 1.00. The van der Waals surface area contributed by atoms with Crippen molar-refractivity contribution in [2.75, 3.05) is 12.4 Å². The minimum Gasteiger partial charge on any atom is -0.388 e. The van der Waals surface area contributed by atoms with Gasteiger partial charge in [0.05, 0.1) is 6.54 Å². The summed E-state index contributed by atoms with van der Waals surface area (Å²) in [4.78, 5) is 13.5. The van der Waals surface area contributed by atoms with Crippen LogP contribution in [-0.4, -0.2) is 13.0 Å². The number of carbonyl (C=O) groups excluding carboxylic acids is 1. The standard InChI is InChI=1S/C16H20N2OS/c1-4-12-7-8-20-15(12)10-18-16(19)14-6-5-13(17-3)9-11(14)2/h5-9,17H,4,10H2,1-3H3,(H,18,19). The summed E-state index contributed by atoms with van der Waals surface area (Å²) >= 11 is 1.70. The SMILES string of the molecule is CCc1ccsc1CNC(=O)c1ccc(NC)cc1C. The van der Waals surface area contributed by atoms with E-state index in [9.17, 15) is 4.79 Å². The number of rotatable bonds is 5. The van der Waals surface area contributed by atoms with E-state index in [-0.39, 0.29) is 5.91 Å². The first-order valence-corrected chi connectivity index (χ1v) is 7.65. The van der Waals surface area contributed by atoms with Gasteiger partial charge in [-0.05, 0) is 54.1 Å². The Balaban J connectivity index is 2.05. The van der Waals surface area contributed by atoms with Crippen LogP contribution in [0, 0.1) is 6.92 Å². The molecule has 4 heteroatoms. The second-order valence-electron chi connectivity index (χ2n) is 4.68. The van der Waals surface area contributed by atoms with Crippen molar-refractivity contribution in [1.29, 1.82) is 0 Å². The molecule has 0 spiro atoms. The van der Waals surface area contributed by atoms with Crippen molar-refractivity contribution in [3.05, 3.63) is 51.2 Å². The van der Waals surface area contributed by atoms with Gasteiger partial charge in [-0.3, -0.25) is 4.79 Å². The van der Waals surface area contributed by atoms with Crippen LogP contribution in [0.15, 0.2) is 29.6 Å². The molecular weight excluding hydrogens is 268 g/mol. The Hall–Kier alpha value is -1.81. The van der Waals surface area contributed by atoms with E-state index in [1.807, 2.05) is 32.2 Å². The van der Waals surface area contributed by atoms with E-state index >= 15 is 0 Å². The highest BCUT2D eigenvalue weighted by molar-refractivity contribution is 7.10. The second kappa shape index (κ2) is 6.57. The Labute approximate surface area is 124 Å². The lowest BCUT2D eigenvalue weighted by molar-refractivity contribution is 0.0950. The summed E-state index contributed by atoms with van der Waals surface area (Å²) < 4.78 is 0. The van der Waals surface area contributed by atoms with Gasteiger partial charge in [-0.25, -0.2) is 0 Å². The van der Waals surface area contributed by atoms with Crippen LogP contribution in [0.2, 0.25) is 0 Å². The van der Waals surface area contributed by atoms with Crippen molar-refractivity contribution < 1.29 is 4.79 Å². The number of thiophene rings is 1. The van der Waals surface area contributed by atoms with E-state index < -0.39 is 0 Å². The van der Waals surface area contributed by atoms with Gasteiger partial charge in [0.15, 0.2) is 0 Å². The van der Waals surface area contributed by atoms with Crippen molar-refractivity contribution in [2.24, 2.45) is 0 Å². The van der Waals surface area contributed by atoms with E-state index in [1.54, 1.807) is 11.3 Å². The second-order valence-corrected chi connectivity index (χ2v) is 5.69. The number of aryl methyl sites for hydroxylation is 2. The fourth-order valence-corrected chi connectivity index (χ4v) is 3.08. The average molecular weight is 288 g/mol. The summed E-state index contributed by atoms with van der Waals surface area (Å²) in [5.74, 6) is -0.0133. The molecule has 1 amide bonds. The quantitative estimate of drug-likeness (QED) is 0.882. The third-order valence-corrected chi connectivity index (χ3v) is 4.35. The lowest BCUT2D eigenvalue weighted by Gasteiger charge is -2.09. The third kappa shape index (κ3) is 3.20. The van der Waals surface area contributed by atoms with Gasteiger partial charge in [0.2, 0.25) is 0 Å². The molecule has 0 saturated heterocycles. The Morgan fingerprint density at radius 1 is 1.30 bits per heavy atom. The topological polar surface area (TPSA) is 41.1 Å². The van der Waals surface area contributed by atoms with E-state index in [4.69, 9.17) is 0 Å². The Kier molecular flexibility index (Phi) is 4.79. The van der Waals surface area contributed by atoms with Crippen LogP contribution >= 0.6 is 11.3 Å². The van der Waals surface area contributed by atoms with Crippen LogP contribution in [0.5, 0.6) is 0 Å². The van der Waals surface area contributed by atoms with Crippen molar-refractivity contribution in [1.82, 2.24) is 5.32 Å². The summed E-state index contributed by atoms with van der Waals surface area (Å²) in [7, 11) is 1.87. The van der Waals surface area contributed by atoms with Gasteiger partial charge in [-0.1, -0.05) is 6.92 Å². The molecule has 0 aliphatic carbocycles. The zero-order valence-corrected chi connectivity index (χ0v) is 12.9. The first kappa shape index (κ1) is 14.6. The zero-order valence-electron chi connectivity index (χ0n) is 12.1. The van der Waals surface area contributed by atoms with Crippen LogP contribution in [-0.2, 0) is 13.0 Å². The van der Waals surface area contributed by atoms with Crippen LogP contribution in [0.25, 0.3) is 0 Å². The van der Waals surface area contributed by atoms with E-state index in [0.29, 0.717) is 6.54 Å². The number of anilines is 1. The minimum atomic E-state index is -0.0133. The molecule has 0 saturated carbocycles. The number of hydrogen-bond acceptors (Lipinski definition) is 3. The van der Waals surface area contributed by atoms with Gasteiger partial charge >= 0.3 is 0 Å². The minimum absolute atomic E-state index is 0.0133. The average Bonchev–Trinajstić information content (AvgIpc) is 2.92. The molecule has 0 atom stereocenters. The molecule has 0 radical (unpaired) electrons. The Morgan fingerprint density at radius 2 is 2.10 bits per heavy atom. The third-order valence-electron chi connectivity index (χ3n) is 3.39. The van der Waals surface area contributed by atoms with Gasteiger partial charge in [0.1, 0.15) is 0 Å². The number of carbonyl (C=O) groups is 1. The van der Waals surface area contributed by atoms with Gasteiger partial charge in [0.25, 0.3) is 5.91 Å². The highest BCUT2D eigenvalue weighted by Crippen LogP contribution is 2.18. The predicted molar refractivity (Wildman–Crippen MR) is 85.6 cm³/mol. The maximum atomic E-state index is 12.2. The molecule has 1 aromatic heterocycles. The molecule has 0 aliphatic heterocycles. The fourth-order valence-electron chi connectivity index (χ4n) is 2.17. The van der Waals surface area contributed by atoms with Gasteiger partial charge in [-0.15, -0.1) is 11.3 Å². The molecule has 0 bridgehead atoms. The number of benzene rings is 1. The molecule has 2 rings (SSSR count). The molecular formula is C16H20N2OS. The maximum absolute atomic E-state index is 12.2. The monoisotopic (exact) mass is 288 g/mol. The molecule has 2 N–H and O–H groups in total. The van der Waals surface area contributed by atoms with E-state index in [0.717, 1.165) is 23.2 Å².